The number of fused-ring (bicyclic) bond motifs is 1. The number of nitro benzene ring substituents is 1. The van der Waals surface area contributed by atoms with Gasteiger partial charge in [-0.15, -0.1) is 23.1 Å². The second-order valence-electron chi connectivity index (χ2n) is 6.66. The van der Waals surface area contributed by atoms with Gasteiger partial charge in [-0.2, -0.15) is 0 Å². The minimum absolute atomic E-state index is 0.0381. The number of likely N-dealkylation sites (tertiary alicyclic amines) is 1. The van der Waals surface area contributed by atoms with Crippen molar-refractivity contribution >= 4 is 44.9 Å². The van der Waals surface area contributed by atoms with E-state index in [0.717, 1.165) is 45.9 Å². The van der Waals surface area contributed by atoms with Gasteiger partial charge in [-0.1, -0.05) is 12.1 Å². The zero-order valence-corrected chi connectivity index (χ0v) is 16.7. The van der Waals surface area contributed by atoms with Gasteiger partial charge in [-0.05, 0) is 43.5 Å². The number of rotatable bonds is 5. The van der Waals surface area contributed by atoms with Crippen molar-refractivity contribution in [2.75, 3.05) is 12.3 Å². The summed E-state index contributed by atoms with van der Waals surface area (Å²) in [6.45, 7) is 0.750. The van der Waals surface area contributed by atoms with Gasteiger partial charge < -0.3 is 4.90 Å². The van der Waals surface area contributed by atoms with Crippen LogP contribution in [-0.4, -0.2) is 33.0 Å². The van der Waals surface area contributed by atoms with Crippen LogP contribution in [0.1, 0.15) is 30.3 Å². The Kier molecular flexibility index (Phi) is 5.59. The lowest BCUT2D eigenvalue weighted by molar-refractivity contribution is -0.384. The summed E-state index contributed by atoms with van der Waals surface area (Å²) in [5.41, 5.74) is 1.04. The summed E-state index contributed by atoms with van der Waals surface area (Å²) in [6, 6.07) is 14.4. The number of aromatic nitrogens is 1. The normalized spacial score (nSPS) is 17.0. The fourth-order valence-electron chi connectivity index (χ4n) is 3.41. The van der Waals surface area contributed by atoms with Crippen LogP contribution in [0.15, 0.2) is 53.4 Å². The smallest absolute Gasteiger partial charge is 0.269 e. The number of carbonyl (C=O) groups is 1. The standard InChI is InChI=1S/C20H19N3O3S2/c24-19(13-27-15-10-8-14(9-11-15)23(25)26)22-12-4-3-6-17(22)20-21-16-5-1-2-7-18(16)28-20/h1-2,5,7-11,17H,3-4,6,12-13H2. The molecular weight excluding hydrogens is 394 g/mol. The van der Waals surface area contributed by atoms with Gasteiger partial charge in [0.15, 0.2) is 0 Å². The van der Waals surface area contributed by atoms with Gasteiger partial charge in [-0.3, -0.25) is 14.9 Å². The number of para-hydroxylation sites is 1. The van der Waals surface area contributed by atoms with E-state index in [4.69, 9.17) is 4.98 Å². The lowest BCUT2D eigenvalue weighted by atomic mass is 10.0. The third kappa shape index (κ3) is 4.02. The number of amides is 1. The predicted octanol–water partition coefficient (Wildman–Crippen LogP) is 5.05. The highest BCUT2D eigenvalue weighted by molar-refractivity contribution is 8.00. The number of thiazole rings is 1. The SMILES string of the molecule is O=C(CSc1ccc([N+](=O)[O-])cc1)N1CCCCC1c1nc2ccccc2s1. The molecule has 144 valence electrons. The van der Waals surface area contributed by atoms with Crippen LogP contribution < -0.4 is 0 Å². The highest BCUT2D eigenvalue weighted by Crippen LogP contribution is 2.36. The first-order chi connectivity index (χ1) is 13.6. The summed E-state index contributed by atoms with van der Waals surface area (Å²) in [7, 11) is 0. The number of piperidine rings is 1. The molecule has 1 aliphatic heterocycles. The molecule has 6 nitrogen and oxygen atoms in total. The van der Waals surface area contributed by atoms with Crippen LogP contribution >= 0.6 is 23.1 Å². The van der Waals surface area contributed by atoms with E-state index in [1.807, 2.05) is 23.1 Å². The Bertz CT molecular complexity index is 970. The molecule has 8 heteroatoms. The second kappa shape index (κ2) is 8.28. The highest BCUT2D eigenvalue weighted by atomic mass is 32.2. The highest BCUT2D eigenvalue weighted by Gasteiger charge is 2.30. The molecule has 0 N–H and O–H groups in total. The van der Waals surface area contributed by atoms with Gasteiger partial charge >= 0.3 is 0 Å². The molecule has 1 saturated heterocycles. The number of carbonyl (C=O) groups excluding carboxylic acids is 1. The Morgan fingerprint density at radius 1 is 1.21 bits per heavy atom. The number of nitrogens with zero attached hydrogens (tertiary/aromatic N) is 3. The molecule has 1 unspecified atom stereocenters. The quantitative estimate of drug-likeness (QED) is 0.332. The van der Waals surface area contributed by atoms with Crippen LogP contribution in [0.2, 0.25) is 0 Å². The molecule has 1 atom stereocenters. The van der Waals surface area contributed by atoms with Gasteiger partial charge in [0, 0.05) is 23.6 Å². The van der Waals surface area contributed by atoms with Crippen LogP contribution in [-0.2, 0) is 4.79 Å². The Balaban J connectivity index is 1.46. The van der Waals surface area contributed by atoms with E-state index in [1.54, 1.807) is 23.5 Å². The Labute approximate surface area is 170 Å². The van der Waals surface area contributed by atoms with Crippen molar-refractivity contribution in [2.45, 2.75) is 30.2 Å². The van der Waals surface area contributed by atoms with Crippen LogP contribution in [0, 0.1) is 10.1 Å². The molecule has 4 rings (SSSR count). The van der Waals surface area contributed by atoms with Crippen LogP contribution in [0.3, 0.4) is 0 Å². The third-order valence-electron chi connectivity index (χ3n) is 4.83. The molecule has 2 aromatic carbocycles. The van der Waals surface area contributed by atoms with Crippen molar-refractivity contribution < 1.29 is 9.72 Å². The molecule has 1 amide bonds. The van der Waals surface area contributed by atoms with Gasteiger partial charge in [0.2, 0.25) is 5.91 Å². The Morgan fingerprint density at radius 2 is 2.00 bits per heavy atom. The fraction of sp³-hybridized carbons (Fsp3) is 0.300. The summed E-state index contributed by atoms with van der Waals surface area (Å²) in [5.74, 6) is 0.409. The maximum Gasteiger partial charge on any atom is 0.269 e. The van der Waals surface area contributed by atoms with Crippen LogP contribution in [0.25, 0.3) is 10.2 Å². The van der Waals surface area contributed by atoms with Gasteiger partial charge in [0.25, 0.3) is 5.69 Å². The van der Waals surface area contributed by atoms with Gasteiger partial charge in [0.05, 0.1) is 26.9 Å². The third-order valence-corrected chi connectivity index (χ3v) is 6.96. The number of non-ortho nitro benzene ring substituents is 1. The molecule has 2 heterocycles. The van der Waals surface area contributed by atoms with Crippen molar-refractivity contribution in [1.29, 1.82) is 0 Å². The first-order valence-corrected chi connectivity index (χ1v) is 10.9. The molecule has 1 fully saturated rings. The monoisotopic (exact) mass is 413 g/mol. The topological polar surface area (TPSA) is 76.3 Å². The minimum Gasteiger partial charge on any atom is -0.332 e. The molecule has 3 aromatic rings. The number of benzene rings is 2. The predicted molar refractivity (Wildman–Crippen MR) is 112 cm³/mol. The number of hydrogen-bond acceptors (Lipinski definition) is 6. The van der Waals surface area contributed by atoms with Crippen LogP contribution in [0.4, 0.5) is 5.69 Å². The molecule has 0 radical (unpaired) electrons. The number of hydrogen-bond donors (Lipinski definition) is 0. The summed E-state index contributed by atoms with van der Waals surface area (Å²) in [4.78, 5) is 30.8. The zero-order chi connectivity index (χ0) is 19.5. The molecule has 1 aromatic heterocycles. The van der Waals surface area contributed by atoms with Crippen molar-refractivity contribution in [3.63, 3.8) is 0 Å². The molecule has 0 bridgehead atoms. The number of nitro groups is 1. The Hall–Kier alpha value is -2.45. The average molecular weight is 414 g/mol. The van der Waals surface area contributed by atoms with Gasteiger partial charge in [-0.25, -0.2) is 4.98 Å². The summed E-state index contributed by atoms with van der Waals surface area (Å²) in [5, 5.41) is 11.8. The second-order valence-corrected chi connectivity index (χ2v) is 8.77. The first kappa shape index (κ1) is 18.9. The molecule has 0 aliphatic carbocycles. The van der Waals surface area contributed by atoms with E-state index in [1.165, 1.54) is 23.9 Å². The summed E-state index contributed by atoms with van der Waals surface area (Å²) in [6.07, 6.45) is 3.04. The lowest BCUT2D eigenvalue weighted by Gasteiger charge is -2.34. The maximum atomic E-state index is 12.9. The first-order valence-electron chi connectivity index (χ1n) is 9.14. The van der Waals surface area contributed by atoms with Crippen molar-refractivity contribution in [2.24, 2.45) is 0 Å². The van der Waals surface area contributed by atoms with E-state index in [0.29, 0.717) is 5.75 Å². The van der Waals surface area contributed by atoms with Crippen LogP contribution in [0.5, 0.6) is 0 Å². The van der Waals surface area contributed by atoms with E-state index < -0.39 is 4.92 Å². The number of thioether (sulfide) groups is 1. The largest absolute Gasteiger partial charge is 0.332 e. The lowest BCUT2D eigenvalue weighted by Crippen LogP contribution is -2.39. The Morgan fingerprint density at radius 3 is 2.75 bits per heavy atom. The van der Waals surface area contributed by atoms with E-state index in [2.05, 4.69) is 6.07 Å². The van der Waals surface area contributed by atoms with E-state index in [9.17, 15) is 14.9 Å². The molecule has 0 saturated carbocycles. The fourth-order valence-corrected chi connectivity index (χ4v) is 5.31. The van der Waals surface area contributed by atoms with E-state index >= 15 is 0 Å². The maximum absolute atomic E-state index is 12.9. The van der Waals surface area contributed by atoms with Gasteiger partial charge in [0.1, 0.15) is 5.01 Å². The summed E-state index contributed by atoms with van der Waals surface area (Å²) >= 11 is 3.08. The molecule has 1 aliphatic rings. The average Bonchev–Trinajstić information content (AvgIpc) is 3.16. The molecule has 28 heavy (non-hydrogen) atoms. The summed E-state index contributed by atoms with van der Waals surface area (Å²) < 4.78 is 1.15. The van der Waals surface area contributed by atoms with E-state index in [-0.39, 0.29) is 17.6 Å². The minimum atomic E-state index is -0.421. The zero-order valence-electron chi connectivity index (χ0n) is 15.1. The molecule has 0 spiro atoms. The van der Waals surface area contributed by atoms with Crippen molar-refractivity contribution in [3.8, 4) is 0 Å². The van der Waals surface area contributed by atoms with Crippen molar-refractivity contribution in [3.05, 3.63) is 63.7 Å². The van der Waals surface area contributed by atoms with Crippen molar-refractivity contribution in [1.82, 2.24) is 9.88 Å². The molecular formula is C20H19N3O3S2.